The zero-order valence-electron chi connectivity index (χ0n) is 17.4. The van der Waals surface area contributed by atoms with E-state index in [1.807, 2.05) is 24.3 Å². The van der Waals surface area contributed by atoms with Gasteiger partial charge < -0.3 is 9.80 Å². The fourth-order valence-corrected chi connectivity index (χ4v) is 4.49. The lowest BCUT2D eigenvalue weighted by molar-refractivity contribution is -0.136. The van der Waals surface area contributed by atoms with E-state index in [0.29, 0.717) is 23.9 Å². The fourth-order valence-electron chi connectivity index (χ4n) is 3.65. The number of nitrogens with zero attached hydrogens (tertiary/aromatic N) is 3. The zero-order valence-corrected chi connectivity index (χ0v) is 18.2. The molecule has 0 unspecified atom stereocenters. The van der Waals surface area contributed by atoms with Gasteiger partial charge in [0.25, 0.3) is 11.1 Å². The van der Waals surface area contributed by atoms with E-state index in [-0.39, 0.29) is 23.6 Å². The first-order chi connectivity index (χ1) is 13.9. The average Bonchev–Trinajstić information content (AvgIpc) is 2.98. The van der Waals surface area contributed by atoms with Gasteiger partial charge in [0.15, 0.2) is 0 Å². The molecule has 2 aliphatic rings. The van der Waals surface area contributed by atoms with Gasteiger partial charge in [-0.05, 0) is 68.1 Å². The number of amides is 3. The van der Waals surface area contributed by atoms with E-state index in [9.17, 15) is 14.4 Å². The second kappa shape index (κ2) is 9.48. The number of thioether (sulfide) groups is 1. The number of imide groups is 1. The largest absolute Gasteiger partial charge is 0.372 e. The van der Waals surface area contributed by atoms with E-state index >= 15 is 0 Å². The molecule has 0 aliphatic carbocycles. The summed E-state index contributed by atoms with van der Waals surface area (Å²) in [6, 6.07) is 7.93. The normalized spacial score (nSPS) is 19.3. The number of piperidine rings is 1. The average molecular weight is 416 g/mol. The number of rotatable bonds is 6. The maximum absolute atomic E-state index is 12.7. The summed E-state index contributed by atoms with van der Waals surface area (Å²) in [5, 5.41) is -0.375. The molecule has 1 aromatic carbocycles. The van der Waals surface area contributed by atoms with Crippen LogP contribution >= 0.6 is 11.8 Å². The number of hydrogen-bond acceptors (Lipinski definition) is 5. The molecule has 2 saturated heterocycles. The zero-order chi connectivity index (χ0) is 21.0. The fraction of sp³-hybridized carbons (Fsp3) is 0.500. The lowest BCUT2D eigenvalue weighted by atomic mass is 9.99. The van der Waals surface area contributed by atoms with E-state index in [4.69, 9.17) is 0 Å². The lowest BCUT2D eigenvalue weighted by Crippen LogP contribution is -2.45. The summed E-state index contributed by atoms with van der Waals surface area (Å²) in [6.07, 6.45) is 3.66. The van der Waals surface area contributed by atoms with Crippen LogP contribution in [0, 0.1) is 5.92 Å². The Morgan fingerprint density at radius 2 is 1.76 bits per heavy atom. The van der Waals surface area contributed by atoms with Crippen LogP contribution in [0.4, 0.5) is 10.5 Å². The molecular weight excluding hydrogens is 386 g/mol. The summed E-state index contributed by atoms with van der Waals surface area (Å²) in [5.74, 6) is 0.0860. The van der Waals surface area contributed by atoms with Crippen LogP contribution in [0.25, 0.3) is 6.08 Å². The minimum Gasteiger partial charge on any atom is -0.372 e. The highest BCUT2D eigenvalue weighted by Gasteiger charge is 2.37. The molecule has 2 heterocycles. The predicted octanol–water partition coefficient (Wildman–Crippen LogP) is 3.83. The highest BCUT2D eigenvalue weighted by Crippen LogP contribution is 2.32. The highest BCUT2D eigenvalue weighted by atomic mass is 32.2. The molecule has 29 heavy (non-hydrogen) atoms. The Morgan fingerprint density at radius 3 is 2.34 bits per heavy atom. The van der Waals surface area contributed by atoms with Gasteiger partial charge in [0, 0.05) is 31.9 Å². The minimum absolute atomic E-state index is 0.149. The Balaban J connectivity index is 1.66. The molecule has 0 N–H and O–H groups in total. The number of benzene rings is 1. The maximum atomic E-state index is 12.7. The van der Waals surface area contributed by atoms with Crippen LogP contribution in [-0.2, 0) is 9.59 Å². The summed E-state index contributed by atoms with van der Waals surface area (Å²) in [4.78, 5) is 43.0. The summed E-state index contributed by atoms with van der Waals surface area (Å²) in [7, 11) is 0. The molecular formula is C22H29N3O3S. The molecule has 6 nitrogen and oxygen atoms in total. The van der Waals surface area contributed by atoms with Crippen molar-refractivity contribution in [3.8, 4) is 0 Å². The third-order valence-corrected chi connectivity index (χ3v) is 6.53. The van der Waals surface area contributed by atoms with Crippen molar-refractivity contribution < 1.29 is 14.4 Å². The topological polar surface area (TPSA) is 60.9 Å². The molecule has 2 aliphatic heterocycles. The van der Waals surface area contributed by atoms with Gasteiger partial charge in [0.05, 0.1) is 4.91 Å². The van der Waals surface area contributed by atoms with Gasteiger partial charge in [-0.1, -0.05) is 19.1 Å². The first kappa shape index (κ1) is 21.4. The predicted molar refractivity (Wildman–Crippen MR) is 118 cm³/mol. The van der Waals surface area contributed by atoms with Crippen molar-refractivity contribution in [2.45, 2.75) is 33.6 Å². The first-order valence-electron chi connectivity index (χ1n) is 10.3. The van der Waals surface area contributed by atoms with E-state index in [1.165, 1.54) is 0 Å². The summed E-state index contributed by atoms with van der Waals surface area (Å²) in [6.45, 7) is 9.49. The molecule has 0 atom stereocenters. The Kier molecular flexibility index (Phi) is 7.00. The Labute approximate surface area is 176 Å². The number of anilines is 1. The quantitative estimate of drug-likeness (QED) is 0.661. The van der Waals surface area contributed by atoms with Gasteiger partial charge in [0.1, 0.15) is 6.54 Å². The second-order valence-corrected chi connectivity index (χ2v) is 8.59. The van der Waals surface area contributed by atoms with Crippen LogP contribution in [0.15, 0.2) is 29.2 Å². The van der Waals surface area contributed by atoms with E-state index in [2.05, 4.69) is 25.7 Å². The molecule has 1 aromatic rings. The lowest BCUT2D eigenvalue weighted by Gasteiger charge is -2.31. The van der Waals surface area contributed by atoms with E-state index in [1.54, 1.807) is 11.0 Å². The van der Waals surface area contributed by atoms with Gasteiger partial charge in [-0.2, -0.15) is 0 Å². The van der Waals surface area contributed by atoms with Crippen LogP contribution in [0.1, 0.15) is 39.2 Å². The van der Waals surface area contributed by atoms with Crippen LogP contribution in [-0.4, -0.2) is 59.6 Å². The third-order valence-electron chi connectivity index (χ3n) is 5.62. The number of likely N-dealkylation sites (tertiary alicyclic amines) is 1. The standard InChI is InChI=1S/C22H29N3O3S/c1-4-23(5-2)18-8-6-17(7-9-18)14-19-21(27)25(22(28)29-19)15-20(26)24-12-10-16(3)11-13-24/h6-9,14,16H,4-5,10-13,15H2,1-3H3/b19-14+. The van der Waals surface area contributed by atoms with Crippen LogP contribution in [0.3, 0.4) is 0 Å². The van der Waals surface area contributed by atoms with Crippen molar-refractivity contribution in [3.05, 3.63) is 34.7 Å². The third kappa shape index (κ3) is 5.01. The van der Waals surface area contributed by atoms with Gasteiger partial charge in [-0.25, -0.2) is 0 Å². The van der Waals surface area contributed by atoms with Gasteiger partial charge >= 0.3 is 0 Å². The van der Waals surface area contributed by atoms with Gasteiger partial charge in [-0.15, -0.1) is 0 Å². The molecule has 2 fully saturated rings. The molecule has 3 rings (SSSR count). The van der Waals surface area contributed by atoms with Crippen LogP contribution in [0.2, 0.25) is 0 Å². The van der Waals surface area contributed by atoms with Crippen molar-refractivity contribution in [3.63, 3.8) is 0 Å². The van der Waals surface area contributed by atoms with Crippen molar-refractivity contribution >= 4 is 40.6 Å². The molecule has 0 aromatic heterocycles. The molecule has 0 bridgehead atoms. The molecule has 3 amide bonds. The highest BCUT2D eigenvalue weighted by molar-refractivity contribution is 8.18. The molecule has 7 heteroatoms. The molecule has 0 saturated carbocycles. The van der Waals surface area contributed by atoms with Crippen molar-refractivity contribution in [1.29, 1.82) is 0 Å². The van der Waals surface area contributed by atoms with Gasteiger partial charge in [-0.3, -0.25) is 19.3 Å². The Bertz CT molecular complexity index is 794. The van der Waals surface area contributed by atoms with E-state index in [0.717, 1.165) is 53.8 Å². The van der Waals surface area contributed by atoms with Crippen LogP contribution in [0.5, 0.6) is 0 Å². The second-order valence-electron chi connectivity index (χ2n) is 7.59. The molecule has 156 valence electrons. The van der Waals surface area contributed by atoms with Crippen molar-refractivity contribution in [2.24, 2.45) is 5.92 Å². The summed E-state index contributed by atoms with van der Waals surface area (Å²) in [5.41, 5.74) is 1.99. The Morgan fingerprint density at radius 1 is 1.14 bits per heavy atom. The first-order valence-corrected chi connectivity index (χ1v) is 11.1. The minimum atomic E-state index is -0.383. The smallest absolute Gasteiger partial charge is 0.294 e. The Hall–Kier alpha value is -2.28. The number of carbonyl (C=O) groups is 3. The van der Waals surface area contributed by atoms with Gasteiger partial charge in [0.2, 0.25) is 5.91 Å². The van der Waals surface area contributed by atoms with Crippen LogP contribution < -0.4 is 4.90 Å². The van der Waals surface area contributed by atoms with Crippen molar-refractivity contribution in [1.82, 2.24) is 9.80 Å². The number of hydrogen-bond donors (Lipinski definition) is 0. The van der Waals surface area contributed by atoms with E-state index < -0.39 is 0 Å². The molecule has 0 radical (unpaired) electrons. The molecule has 0 spiro atoms. The maximum Gasteiger partial charge on any atom is 0.294 e. The summed E-state index contributed by atoms with van der Waals surface area (Å²) >= 11 is 0.903. The summed E-state index contributed by atoms with van der Waals surface area (Å²) < 4.78 is 0. The SMILES string of the molecule is CCN(CC)c1ccc(/C=C2/SC(=O)N(CC(=O)N3CCC(C)CC3)C2=O)cc1. The number of carbonyl (C=O) groups excluding carboxylic acids is 3. The monoisotopic (exact) mass is 415 g/mol. The van der Waals surface area contributed by atoms with Crippen molar-refractivity contribution in [2.75, 3.05) is 37.6 Å².